The van der Waals surface area contributed by atoms with E-state index in [9.17, 15) is 19.5 Å². The lowest BCUT2D eigenvalue weighted by Gasteiger charge is -2.29. The van der Waals surface area contributed by atoms with E-state index in [1.165, 1.54) is 30.2 Å². The number of amidine groups is 1. The van der Waals surface area contributed by atoms with Crippen LogP contribution in [-0.4, -0.2) is 47.3 Å². The summed E-state index contributed by atoms with van der Waals surface area (Å²) in [5.41, 5.74) is 0.806. The highest BCUT2D eigenvalue weighted by Gasteiger charge is 2.34. The van der Waals surface area contributed by atoms with Crippen LogP contribution in [0.1, 0.15) is 16.8 Å². The fraction of sp³-hybridized carbons (Fsp3) is 0.200. The van der Waals surface area contributed by atoms with Gasteiger partial charge >= 0.3 is 0 Å². The van der Waals surface area contributed by atoms with E-state index >= 15 is 0 Å². The Morgan fingerprint density at radius 1 is 1.24 bits per heavy atom. The topological polar surface area (TPSA) is 111 Å². The van der Waals surface area contributed by atoms with Gasteiger partial charge in [0.15, 0.2) is 5.17 Å². The Labute approximate surface area is 171 Å². The molecule has 0 unspecified atom stereocenters. The zero-order chi connectivity index (χ0) is 21.0. The van der Waals surface area contributed by atoms with Crippen LogP contribution in [0.25, 0.3) is 0 Å². The van der Waals surface area contributed by atoms with Crippen LogP contribution in [-0.2, 0) is 9.59 Å². The first-order valence-electron chi connectivity index (χ1n) is 8.66. The second kappa shape index (κ2) is 8.78. The molecule has 3 rings (SSSR count). The zero-order valence-electron chi connectivity index (χ0n) is 15.7. The van der Waals surface area contributed by atoms with E-state index in [0.29, 0.717) is 22.3 Å². The number of carboxylic acids is 1. The van der Waals surface area contributed by atoms with Gasteiger partial charge in [-0.05, 0) is 29.8 Å². The van der Waals surface area contributed by atoms with Crippen molar-refractivity contribution in [3.05, 3.63) is 54.1 Å². The van der Waals surface area contributed by atoms with Crippen molar-refractivity contribution in [2.75, 3.05) is 19.5 Å². The largest absolute Gasteiger partial charge is 0.545 e. The van der Waals surface area contributed by atoms with Crippen LogP contribution in [0, 0.1) is 0 Å². The van der Waals surface area contributed by atoms with Crippen LogP contribution < -0.4 is 15.2 Å². The lowest BCUT2D eigenvalue weighted by molar-refractivity contribution is -0.255. The molecule has 9 heteroatoms. The van der Waals surface area contributed by atoms with Crippen LogP contribution in [0.15, 0.2) is 53.5 Å². The number of para-hydroxylation sites is 2. The number of methoxy groups -OCH3 is 1. The van der Waals surface area contributed by atoms with Gasteiger partial charge in [-0.2, -0.15) is 0 Å². The first-order valence-corrected chi connectivity index (χ1v) is 9.54. The van der Waals surface area contributed by atoms with Gasteiger partial charge in [0.05, 0.1) is 13.1 Å². The van der Waals surface area contributed by atoms with Gasteiger partial charge in [0.25, 0.3) is 0 Å². The monoisotopic (exact) mass is 412 g/mol. The third-order valence-corrected chi connectivity index (χ3v) is 5.47. The molecule has 1 saturated heterocycles. The summed E-state index contributed by atoms with van der Waals surface area (Å²) in [6.07, 6.45) is -0.00186. The highest BCUT2D eigenvalue weighted by molar-refractivity contribution is 8.15. The molecular weight excluding hydrogens is 394 g/mol. The normalized spacial score (nSPS) is 17.9. The molecule has 0 aromatic heterocycles. The van der Waals surface area contributed by atoms with Crippen molar-refractivity contribution in [1.29, 1.82) is 0 Å². The molecule has 1 N–H and O–H groups in total. The molecule has 29 heavy (non-hydrogen) atoms. The van der Waals surface area contributed by atoms with Crippen LogP contribution in [0.2, 0.25) is 0 Å². The van der Waals surface area contributed by atoms with E-state index in [2.05, 4.69) is 10.3 Å². The first-order chi connectivity index (χ1) is 13.9. The smallest absolute Gasteiger partial charge is 0.238 e. The Hall–Kier alpha value is -3.33. The summed E-state index contributed by atoms with van der Waals surface area (Å²) in [7, 11) is 3.12. The Morgan fingerprint density at radius 2 is 2.00 bits per heavy atom. The van der Waals surface area contributed by atoms with E-state index in [-0.39, 0.29) is 17.9 Å². The molecule has 1 aliphatic rings. The molecule has 2 amide bonds. The number of thioether (sulfide) groups is 1. The molecule has 1 heterocycles. The number of rotatable bonds is 5. The summed E-state index contributed by atoms with van der Waals surface area (Å²) in [4.78, 5) is 41.9. The van der Waals surface area contributed by atoms with Gasteiger partial charge in [-0.15, -0.1) is 0 Å². The SMILES string of the molecule is COc1ccccc1N=C1S[C@H](C(=O)Nc2cccc(C(=O)[O-])c2)CC(=O)N1C. The standard InChI is InChI=1S/C20H19N3O5S/c1-23-17(24)11-16(18(25)21-13-7-5-6-12(10-13)19(26)27)29-20(23)22-14-8-3-4-9-15(14)28-2/h3-10,16H,11H2,1-2H3,(H,21,25)(H,26,27)/p-1/t16-/m0/s1. The molecule has 1 fully saturated rings. The number of nitrogens with zero attached hydrogens (tertiary/aromatic N) is 2. The summed E-state index contributed by atoms with van der Waals surface area (Å²) in [5, 5.41) is 13.3. The van der Waals surface area contributed by atoms with Crippen LogP contribution in [0.3, 0.4) is 0 Å². The van der Waals surface area contributed by atoms with Gasteiger partial charge in [-0.1, -0.05) is 36.0 Å². The lowest BCUT2D eigenvalue weighted by atomic mass is 10.2. The average Bonchev–Trinajstić information content (AvgIpc) is 2.71. The Kier molecular flexibility index (Phi) is 6.18. The van der Waals surface area contributed by atoms with Gasteiger partial charge < -0.3 is 20.0 Å². The zero-order valence-corrected chi connectivity index (χ0v) is 16.6. The van der Waals surface area contributed by atoms with E-state index in [1.807, 2.05) is 6.07 Å². The number of amides is 2. The Morgan fingerprint density at radius 3 is 2.72 bits per heavy atom. The van der Waals surface area contributed by atoms with E-state index in [1.54, 1.807) is 31.3 Å². The number of benzene rings is 2. The number of carboxylic acid groups (broad SMARTS) is 1. The summed E-state index contributed by atoms with van der Waals surface area (Å²) >= 11 is 1.15. The summed E-state index contributed by atoms with van der Waals surface area (Å²) in [6.45, 7) is 0. The molecule has 1 atom stereocenters. The van der Waals surface area contributed by atoms with Gasteiger partial charge in [0.2, 0.25) is 11.8 Å². The first kappa shape index (κ1) is 20.4. The summed E-state index contributed by atoms with van der Waals surface area (Å²) in [6, 6.07) is 12.9. The lowest BCUT2D eigenvalue weighted by Crippen LogP contribution is -2.43. The number of ether oxygens (including phenoxy) is 1. The number of aromatic carboxylic acids is 1. The molecular formula is C20H18N3O5S-. The minimum Gasteiger partial charge on any atom is -0.545 e. The second-order valence-electron chi connectivity index (χ2n) is 6.19. The van der Waals surface area contributed by atoms with Gasteiger partial charge in [0.1, 0.15) is 16.7 Å². The molecule has 2 aromatic carbocycles. The molecule has 0 radical (unpaired) electrons. The minimum atomic E-state index is -1.34. The highest BCUT2D eigenvalue weighted by atomic mass is 32.2. The van der Waals surface area contributed by atoms with E-state index in [0.717, 1.165) is 11.8 Å². The number of aliphatic imine (C=N–C) groups is 1. The number of hydrogen-bond acceptors (Lipinski definition) is 7. The maximum atomic E-state index is 12.7. The number of hydrogen-bond donors (Lipinski definition) is 1. The van der Waals surface area contributed by atoms with Crippen molar-refractivity contribution < 1.29 is 24.2 Å². The Balaban J connectivity index is 1.81. The number of anilines is 1. The third kappa shape index (κ3) is 4.75. The minimum absolute atomic E-state index is 0.00186. The molecule has 0 aliphatic carbocycles. The summed E-state index contributed by atoms with van der Waals surface area (Å²) < 4.78 is 5.28. The molecule has 2 aromatic rings. The van der Waals surface area contributed by atoms with Gasteiger partial charge in [-0.25, -0.2) is 4.99 Å². The Bertz CT molecular complexity index is 992. The second-order valence-corrected chi connectivity index (χ2v) is 7.36. The van der Waals surface area contributed by atoms with Crippen LogP contribution in [0.5, 0.6) is 5.75 Å². The molecule has 0 spiro atoms. The van der Waals surface area contributed by atoms with Crippen LogP contribution in [0.4, 0.5) is 11.4 Å². The fourth-order valence-electron chi connectivity index (χ4n) is 2.67. The van der Waals surface area contributed by atoms with Crippen molar-refractivity contribution in [1.82, 2.24) is 4.90 Å². The highest BCUT2D eigenvalue weighted by Crippen LogP contribution is 2.32. The predicted octanol–water partition coefficient (Wildman–Crippen LogP) is 1.65. The molecule has 0 bridgehead atoms. The van der Waals surface area contributed by atoms with Gasteiger partial charge in [-0.3, -0.25) is 14.5 Å². The third-order valence-electron chi connectivity index (χ3n) is 4.23. The van der Waals surface area contributed by atoms with E-state index in [4.69, 9.17) is 4.74 Å². The van der Waals surface area contributed by atoms with E-state index < -0.39 is 17.1 Å². The predicted molar refractivity (Wildman–Crippen MR) is 108 cm³/mol. The molecule has 8 nitrogen and oxygen atoms in total. The quantitative estimate of drug-likeness (QED) is 0.799. The average molecular weight is 412 g/mol. The molecule has 0 saturated carbocycles. The maximum absolute atomic E-state index is 12.7. The van der Waals surface area contributed by atoms with Crippen molar-refractivity contribution in [3.63, 3.8) is 0 Å². The molecule has 1 aliphatic heterocycles. The van der Waals surface area contributed by atoms with Crippen molar-refractivity contribution in [3.8, 4) is 5.75 Å². The van der Waals surface area contributed by atoms with Gasteiger partial charge in [0, 0.05) is 19.2 Å². The molecule has 150 valence electrons. The van der Waals surface area contributed by atoms with Crippen molar-refractivity contribution in [2.45, 2.75) is 11.7 Å². The van der Waals surface area contributed by atoms with Crippen molar-refractivity contribution in [2.24, 2.45) is 4.99 Å². The number of nitrogens with one attached hydrogen (secondary N) is 1. The van der Waals surface area contributed by atoms with Crippen molar-refractivity contribution >= 4 is 46.1 Å². The van der Waals surface area contributed by atoms with Crippen LogP contribution >= 0.6 is 11.8 Å². The number of carbonyl (C=O) groups excluding carboxylic acids is 3. The number of carbonyl (C=O) groups is 3. The maximum Gasteiger partial charge on any atom is 0.238 e. The summed E-state index contributed by atoms with van der Waals surface area (Å²) in [5.74, 6) is -1.45. The fourth-order valence-corrected chi connectivity index (χ4v) is 3.73.